The predicted octanol–water partition coefficient (Wildman–Crippen LogP) is 6.00. The molecule has 1 heterocycles. The van der Waals surface area contributed by atoms with Crippen molar-refractivity contribution in [2.45, 2.75) is 76.9 Å². The number of alkyl halides is 1. The highest BCUT2D eigenvalue weighted by Gasteiger charge is 2.43. The second-order valence-corrected chi connectivity index (χ2v) is 14.7. The third kappa shape index (κ3) is 6.46. The molecule has 0 saturated carbocycles. The zero-order valence-electron chi connectivity index (χ0n) is 17.3. The van der Waals surface area contributed by atoms with Crippen molar-refractivity contribution in [2.75, 3.05) is 11.0 Å². The maximum absolute atomic E-state index is 12.8. The van der Waals surface area contributed by atoms with Crippen LogP contribution in [0.2, 0.25) is 18.1 Å². The summed E-state index contributed by atoms with van der Waals surface area (Å²) in [5.74, 6) is 0. The summed E-state index contributed by atoms with van der Waals surface area (Å²) in [7, 11) is -1.85. The SMILES string of the molecule is CC(C)(C)[Si](C)(C)O[C@@H]1C[C@@H](CCCI)N(C(=O)OCc2ccccc2)C1. The van der Waals surface area contributed by atoms with Crippen LogP contribution in [-0.2, 0) is 15.8 Å². The fraction of sp³-hybridized carbons (Fsp3) is 0.667. The van der Waals surface area contributed by atoms with Crippen LogP contribution in [0.4, 0.5) is 4.79 Å². The van der Waals surface area contributed by atoms with E-state index in [0.29, 0.717) is 13.2 Å². The molecule has 1 aliphatic rings. The summed E-state index contributed by atoms with van der Waals surface area (Å²) in [6, 6.07) is 10.1. The van der Waals surface area contributed by atoms with Gasteiger partial charge in [0.15, 0.2) is 8.32 Å². The molecule has 6 heteroatoms. The molecule has 1 saturated heterocycles. The van der Waals surface area contributed by atoms with Crippen molar-refractivity contribution in [3.8, 4) is 0 Å². The number of benzene rings is 1. The summed E-state index contributed by atoms with van der Waals surface area (Å²) in [5, 5.41) is 0.173. The van der Waals surface area contributed by atoms with Crippen molar-refractivity contribution < 1.29 is 14.0 Å². The normalized spacial score (nSPS) is 20.7. The first-order valence-corrected chi connectivity index (χ1v) is 14.3. The van der Waals surface area contributed by atoms with Gasteiger partial charge in [0.25, 0.3) is 0 Å². The van der Waals surface area contributed by atoms with E-state index in [0.717, 1.165) is 29.3 Å². The number of halogens is 1. The molecule has 1 aromatic carbocycles. The molecule has 1 aliphatic heterocycles. The molecule has 0 bridgehead atoms. The zero-order valence-corrected chi connectivity index (χ0v) is 20.5. The summed E-state index contributed by atoms with van der Waals surface area (Å²) in [4.78, 5) is 14.7. The van der Waals surface area contributed by atoms with Gasteiger partial charge in [0.2, 0.25) is 0 Å². The summed E-state index contributed by atoms with van der Waals surface area (Å²) in [6.45, 7) is 12.3. The summed E-state index contributed by atoms with van der Waals surface area (Å²) in [5.41, 5.74) is 1.02. The lowest BCUT2D eigenvalue weighted by Crippen LogP contribution is -2.44. The molecule has 0 aliphatic carbocycles. The van der Waals surface area contributed by atoms with E-state index in [1.165, 1.54) is 0 Å². The number of hydrogen-bond donors (Lipinski definition) is 0. The topological polar surface area (TPSA) is 38.8 Å². The minimum atomic E-state index is -1.85. The number of hydrogen-bond acceptors (Lipinski definition) is 3. The van der Waals surface area contributed by atoms with Crippen LogP contribution >= 0.6 is 22.6 Å². The van der Waals surface area contributed by atoms with Crippen molar-refractivity contribution in [3.05, 3.63) is 35.9 Å². The first kappa shape index (κ1) is 22.7. The van der Waals surface area contributed by atoms with Gasteiger partial charge in [-0.1, -0.05) is 73.7 Å². The molecule has 0 unspecified atom stereocenters. The molecule has 2 atom stereocenters. The van der Waals surface area contributed by atoms with Gasteiger partial charge in [0.05, 0.1) is 6.10 Å². The maximum Gasteiger partial charge on any atom is 0.410 e. The van der Waals surface area contributed by atoms with Crippen molar-refractivity contribution in [1.29, 1.82) is 0 Å². The Labute approximate surface area is 179 Å². The highest BCUT2D eigenvalue weighted by molar-refractivity contribution is 14.1. The average molecular weight is 503 g/mol. The Bertz CT molecular complexity index is 603. The van der Waals surface area contributed by atoms with Crippen LogP contribution in [0.3, 0.4) is 0 Å². The molecular formula is C21H34INO3Si. The van der Waals surface area contributed by atoms with Gasteiger partial charge in [-0.2, -0.15) is 0 Å². The largest absolute Gasteiger partial charge is 0.445 e. The summed E-state index contributed by atoms with van der Waals surface area (Å²) < 4.78 is 13.3. The smallest absolute Gasteiger partial charge is 0.410 e. The van der Waals surface area contributed by atoms with E-state index in [1.54, 1.807) is 0 Å². The van der Waals surface area contributed by atoms with Gasteiger partial charge in [-0.05, 0) is 47.4 Å². The zero-order chi connectivity index (χ0) is 20.1. The Morgan fingerprint density at radius 1 is 1.26 bits per heavy atom. The first-order valence-electron chi connectivity index (χ1n) is 9.85. The van der Waals surface area contributed by atoms with Crippen molar-refractivity contribution >= 4 is 37.0 Å². The summed E-state index contributed by atoms with van der Waals surface area (Å²) in [6.07, 6.45) is 2.96. The van der Waals surface area contributed by atoms with Crippen LogP contribution in [0.15, 0.2) is 30.3 Å². The number of likely N-dealkylation sites (tertiary alicyclic amines) is 1. The molecule has 0 spiro atoms. The number of amides is 1. The third-order valence-corrected chi connectivity index (χ3v) is 11.1. The molecular weight excluding hydrogens is 469 g/mol. The van der Waals surface area contributed by atoms with Crippen LogP contribution in [0, 0.1) is 0 Å². The second kappa shape index (κ2) is 9.74. The monoisotopic (exact) mass is 503 g/mol. The fourth-order valence-corrected chi connectivity index (χ4v) is 4.96. The lowest BCUT2D eigenvalue weighted by atomic mass is 10.1. The minimum absolute atomic E-state index is 0.120. The van der Waals surface area contributed by atoms with E-state index >= 15 is 0 Å². The second-order valence-electron chi connectivity index (χ2n) is 8.91. The Morgan fingerprint density at radius 2 is 1.93 bits per heavy atom. The van der Waals surface area contributed by atoms with E-state index in [9.17, 15) is 4.79 Å². The number of nitrogens with zero attached hydrogens (tertiary/aromatic N) is 1. The Morgan fingerprint density at radius 3 is 2.52 bits per heavy atom. The molecule has 4 nitrogen and oxygen atoms in total. The van der Waals surface area contributed by atoms with Gasteiger partial charge in [-0.3, -0.25) is 0 Å². The highest BCUT2D eigenvalue weighted by atomic mass is 127. The van der Waals surface area contributed by atoms with Gasteiger partial charge in [0, 0.05) is 12.6 Å². The van der Waals surface area contributed by atoms with Gasteiger partial charge in [0.1, 0.15) is 6.61 Å². The molecule has 1 fully saturated rings. The lowest BCUT2D eigenvalue weighted by Gasteiger charge is -2.38. The third-order valence-electron chi connectivity index (χ3n) is 5.75. The van der Waals surface area contributed by atoms with Crippen molar-refractivity contribution in [1.82, 2.24) is 4.90 Å². The van der Waals surface area contributed by atoms with Gasteiger partial charge in [-0.25, -0.2) is 4.79 Å². The van der Waals surface area contributed by atoms with Crippen LogP contribution in [0.25, 0.3) is 0 Å². The molecule has 1 amide bonds. The van der Waals surface area contributed by atoms with E-state index in [1.807, 2.05) is 35.2 Å². The molecule has 0 N–H and O–H groups in total. The van der Waals surface area contributed by atoms with Crippen LogP contribution < -0.4 is 0 Å². The predicted molar refractivity (Wildman–Crippen MR) is 122 cm³/mol. The van der Waals surface area contributed by atoms with Crippen molar-refractivity contribution in [2.24, 2.45) is 0 Å². The number of carbonyl (C=O) groups excluding carboxylic acids is 1. The van der Waals surface area contributed by atoms with Crippen molar-refractivity contribution in [3.63, 3.8) is 0 Å². The maximum atomic E-state index is 12.8. The Kier molecular flexibility index (Phi) is 8.18. The van der Waals surface area contributed by atoms with E-state index in [-0.39, 0.29) is 23.3 Å². The minimum Gasteiger partial charge on any atom is -0.445 e. The van der Waals surface area contributed by atoms with Gasteiger partial charge in [-0.15, -0.1) is 0 Å². The van der Waals surface area contributed by atoms with Crippen LogP contribution in [-0.4, -0.2) is 42.4 Å². The lowest BCUT2D eigenvalue weighted by molar-refractivity contribution is 0.0871. The van der Waals surface area contributed by atoms with Crippen LogP contribution in [0.1, 0.15) is 45.6 Å². The quantitative estimate of drug-likeness (QED) is 0.260. The fourth-order valence-electron chi connectivity index (χ4n) is 3.16. The molecule has 27 heavy (non-hydrogen) atoms. The number of rotatable bonds is 7. The number of ether oxygens (including phenoxy) is 1. The average Bonchev–Trinajstić information content (AvgIpc) is 2.99. The van der Waals surface area contributed by atoms with E-state index in [4.69, 9.17) is 9.16 Å². The molecule has 152 valence electrons. The standard InChI is InChI=1S/C21H34INO3Si/c1-21(2,3)27(4,5)26-19-14-18(12-9-13-22)23(15-19)20(24)25-16-17-10-7-6-8-11-17/h6-8,10-11,18-19H,9,12-16H2,1-5H3/t18-,19-/m1/s1. The van der Waals surface area contributed by atoms with E-state index in [2.05, 4.69) is 56.5 Å². The summed E-state index contributed by atoms with van der Waals surface area (Å²) >= 11 is 2.40. The van der Waals surface area contributed by atoms with Crippen LogP contribution in [0.5, 0.6) is 0 Å². The van der Waals surface area contributed by atoms with Gasteiger partial charge < -0.3 is 14.1 Å². The first-order chi connectivity index (χ1) is 12.6. The molecule has 2 rings (SSSR count). The Hall–Kier alpha value is -0.603. The highest BCUT2D eigenvalue weighted by Crippen LogP contribution is 2.39. The van der Waals surface area contributed by atoms with E-state index < -0.39 is 8.32 Å². The number of carbonyl (C=O) groups is 1. The molecule has 0 aromatic heterocycles. The Balaban J connectivity index is 2.00. The molecule has 1 aromatic rings. The molecule has 0 radical (unpaired) electrons. The van der Waals surface area contributed by atoms with Gasteiger partial charge >= 0.3 is 6.09 Å².